The molecule has 0 aliphatic carbocycles. The van der Waals surface area contributed by atoms with Gasteiger partial charge in [-0.15, -0.1) is 0 Å². The molecule has 5 nitrogen and oxygen atoms in total. The van der Waals surface area contributed by atoms with Crippen LogP contribution < -0.4 is 4.72 Å². The van der Waals surface area contributed by atoms with Crippen LogP contribution in [-0.4, -0.2) is 25.3 Å². The Balaban J connectivity index is 1.70. The van der Waals surface area contributed by atoms with Crippen molar-refractivity contribution in [3.8, 4) is 11.1 Å². The number of pyridine rings is 1. The molecule has 144 valence electrons. The van der Waals surface area contributed by atoms with Gasteiger partial charge in [0.15, 0.2) is 0 Å². The summed E-state index contributed by atoms with van der Waals surface area (Å²) >= 11 is -2.35. The molecule has 2 heterocycles. The largest absolute Gasteiger partial charge is 0.760 e. The van der Waals surface area contributed by atoms with Gasteiger partial charge in [0, 0.05) is 41.0 Å². The maximum absolute atomic E-state index is 15.0. The van der Waals surface area contributed by atoms with Crippen molar-refractivity contribution in [2.75, 3.05) is 6.54 Å². The van der Waals surface area contributed by atoms with Crippen LogP contribution >= 0.6 is 0 Å². The van der Waals surface area contributed by atoms with Crippen molar-refractivity contribution in [3.05, 3.63) is 66.0 Å². The lowest BCUT2D eigenvalue weighted by Crippen LogP contribution is -2.18. The van der Waals surface area contributed by atoms with E-state index in [1.807, 2.05) is 12.1 Å². The first-order chi connectivity index (χ1) is 13.5. The van der Waals surface area contributed by atoms with Gasteiger partial charge in [0.1, 0.15) is 17.3 Å². The third-order valence-corrected chi connectivity index (χ3v) is 5.14. The highest BCUT2D eigenvalue weighted by atomic mass is 32.2. The van der Waals surface area contributed by atoms with E-state index in [0.29, 0.717) is 24.0 Å². The van der Waals surface area contributed by atoms with E-state index in [2.05, 4.69) is 14.7 Å². The zero-order valence-electron chi connectivity index (χ0n) is 14.7. The molecular weight excluding hydrogens is 384 g/mol. The van der Waals surface area contributed by atoms with Crippen LogP contribution in [0, 0.1) is 11.6 Å². The third kappa shape index (κ3) is 3.54. The SMILES string of the molecule is O=S([O-])NCCCc1ccc(F)c(-c2ccc3c(cnc4[nH]ccc43)c2)c1F. The third-order valence-electron chi connectivity index (χ3n) is 4.70. The summed E-state index contributed by atoms with van der Waals surface area (Å²) in [5.41, 5.74) is 1.44. The van der Waals surface area contributed by atoms with Crippen molar-refractivity contribution in [2.45, 2.75) is 12.8 Å². The smallest absolute Gasteiger partial charge is 0.137 e. The number of H-pyrrole nitrogens is 1. The molecule has 4 aromatic rings. The number of nitrogens with one attached hydrogen (secondary N) is 2. The van der Waals surface area contributed by atoms with Crippen molar-refractivity contribution in [1.82, 2.24) is 14.7 Å². The molecule has 0 amide bonds. The predicted octanol–water partition coefficient (Wildman–Crippen LogP) is 3.98. The van der Waals surface area contributed by atoms with Crippen LogP contribution in [0.1, 0.15) is 12.0 Å². The van der Waals surface area contributed by atoms with Crippen molar-refractivity contribution in [1.29, 1.82) is 0 Å². The van der Waals surface area contributed by atoms with Gasteiger partial charge in [0.2, 0.25) is 0 Å². The fourth-order valence-electron chi connectivity index (χ4n) is 3.38. The average Bonchev–Trinajstić information content (AvgIpc) is 3.15. The topological polar surface area (TPSA) is 80.8 Å². The predicted molar refractivity (Wildman–Crippen MR) is 104 cm³/mol. The van der Waals surface area contributed by atoms with Crippen LogP contribution in [0.5, 0.6) is 0 Å². The van der Waals surface area contributed by atoms with Crippen molar-refractivity contribution >= 4 is 33.1 Å². The van der Waals surface area contributed by atoms with E-state index in [4.69, 9.17) is 0 Å². The van der Waals surface area contributed by atoms with Gasteiger partial charge in [0.05, 0.1) is 5.56 Å². The van der Waals surface area contributed by atoms with Crippen molar-refractivity contribution in [3.63, 3.8) is 0 Å². The zero-order valence-corrected chi connectivity index (χ0v) is 15.5. The number of fused-ring (bicyclic) bond motifs is 3. The number of benzene rings is 2. The van der Waals surface area contributed by atoms with Gasteiger partial charge in [-0.1, -0.05) is 18.2 Å². The summed E-state index contributed by atoms with van der Waals surface area (Å²) in [6.45, 7) is 0.191. The average molecular weight is 400 g/mol. The maximum Gasteiger partial charge on any atom is 0.137 e. The Bertz CT molecular complexity index is 1190. The van der Waals surface area contributed by atoms with Crippen LogP contribution in [0.15, 0.2) is 48.8 Å². The number of halogens is 2. The standard InChI is InChI=1S/C20H17F2N3O2S/c21-17-6-4-12(2-1-8-25-28(26)27)19(22)18(17)13-3-5-15-14(10-13)11-24-20-16(15)7-9-23-20/h3-7,9-11,25H,1-2,8H2,(H,23,24)(H,26,27)/p-1. The first-order valence-electron chi connectivity index (χ1n) is 8.70. The normalized spacial score (nSPS) is 12.7. The number of nitrogens with zero attached hydrogens (tertiary/aromatic N) is 1. The summed E-state index contributed by atoms with van der Waals surface area (Å²) in [6.07, 6.45) is 4.17. The van der Waals surface area contributed by atoms with E-state index >= 15 is 4.39 Å². The fraction of sp³-hybridized carbons (Fsp3) is 0.150. The summed E-state index contributed by atoms with van der Waals surface area (Å²) in [5, 5.41) is 2.68. The minimum atomic E-state index is -2.35. The number of aromatic nitrogens is 2. The van der Waals surface area contributed by atoms with Gasteiger partial charge < -0.3 is 9.54 Å². The van der Waals surface area contributed by atoms with Crippen LogP contribution in [-0.2, 0) is 17.7 Å². The monoisotopic (exact) mass is 400 g/mol. The highest BCUT2D eigenvalue weighted by Crippen LogP contribution is 2.32. The van der Waals surface area contributed by atoms with Gasteiger partial charge >= 0.3 is 0 Å². The molecule has 0 fully saturated rings. The molecule has 1 atom stereocenters. The Morgan fingerprint density at radius 1 is 1.14 bits per heavy atom. The number of aromatic amines is 1. The first kappa shape index (κ1) is 18.7. The molecule has 4 rings (SSSR count). The molecule has 1 unspecified atom stereocenters. The molecule has 2 aromatic heterocycles. The molecule has 0 aliphatic rings. The summed E-state index contributed by atoms with van der Waals surface area (Å²) in [7, 11) is 0. The summed E-state index contributed by atoms with van der Waals surface area (Å²) in [5.74, 6) is -1.27. The van der Waals surface area contributed by atoms with Crippen molar-refractivity contribution in [2.24, 2.45) is 0 Å². The molecule has 0 aliphatic heterocycles. The summed E-state index contributed by atoms with van der Waals surface area (Å²) < 4.78 is 52.7. The Kier molecular flexibility index (Phi) is 5.17. The van der Waals surface area contributed by atoms with Gasteiger partial charge in [0.25, 0.3) is 0 Å². The Morgan fingerprint density at radius 3 is 2.82 bits per heavy atom. The van der Waals surface area contributed by atoms with Gasteiger partial charge in [-0.05, 0) is 47.6 Å². The number of rotatable bonds is 6. The summed E-state index contributed by atoms with van der Waals surface area (Å²) in [4.78, 5) is 7.37. The Hall–Kier alpha value is -2.68. The summed E-state index contributed by atoms with van der Waals surface area (Å²) in [6, 6.07) is 9.81. The van der Waals surface area contributed by atoms with Crippen LogP contribution in [0.4, 0.5) is 8.78 Å². The molecule has 0 saturated heterocycles. The van der Waals surface area contributed by atoms with Crippen LogP contribution in [0.3, 0.4) is 0 Å². The van der Waals surface area contributed by atoms with Gasteiger partial charge in [-0.3, -0.25) is 4.21 Å². The van der Waals surface area contributed by atoms with E-state index in [1.54, 1.807) is 24.5 Å². The second kappa shape index (κ2) is 7.75. The molecule has 0 saturated carbocycles. The first-order valence-corrected chi connectivity index (χ1v) is 9.78. The van der Waals surface area contributed by atoms with E-state index < -0.39 is 22.9 Å². The fourth-order valence-corrected chi connectivity index (χ4v) is 3.69. The molecule has 8 heteroatoms. The second-order valence-corrected chi connectivity index (χ2v) is 7.19. The Labute approximate surface area is 162 Å². The lowest BCUT2D eigenvalue weighted by molar-refractivity contribution is 0.520. The molecular formula is C20H16F2N3O2S-. The number of hydrogen-bond acceptors (Lipinski definition) is 3. The van der Waals surface area contributed by atoms with Crippen LogP contribution in [0.25, 0.3) is 32.9 Å². The van der Waals surface area contributed by atoms with Gasteiger partial charge in [-0.2, -0.15) is 0 Å². The second-order valence-electron chi connectivity index (χ2n) is 6.43. The van der Waals surface area contributed by atoms with Gasteiger partial charge in [-0.25, -0.2) is 18.5 Å². The van der Waals surface area contributed by atoms with E-state index in [9.17, 15) is 13.2 Å². The van der Waals surface area contributed by atoms with E-state index in [1.165, 1.54) is 12.1 Å². The lowest BCUT2D eigenvalue weighted by Gasteiger charge is -2.12. The van der Waals surface area contributed by atoms with Crippen molar-refractivity contribution < 1.29 is 17.5 Å². The molecule has 2 N–H and O–H groups in total. The number of hydrogen-bond donors (Lipinski definition) is 2. The highest BCUT2D eigenvalue weighted by molar-refractivity contribution is 7.77. The highest BCUT2D eigenvalue weighted by Gasteiger charge is 2.16. The Morgan fingerprint density at radius 2 is 2.00 bits per heavy atom. The molecule has 0 radical (unpaired) electrons. The molecule has 0 spiro atoms. The molecule has 28 heavy (non-hydrogen) atoms. The number of aryl methyl sites for hydroxylation is 1. The minimum absolute atomic E-state index is 0.0890. The van der Waals surface area contributed by atoms with E-state index in [0.717, 1.165) is 21.8 Å². The lowest BCUT2D eigenvalue weighted by atomic mass is 9.97. The maximum atomic E-state index is 15.0. The van der Waals surface area contributed by atoms with E-state index in [-0.39, 0.29) is 12.1 Å². The van der Waals surface area contributed by atoms with Crippen LogP contribution in [0.2, 0.25) is 0 Å². The zero-order chi connectivity index (χ0) is 19.7. The molecule has 2 aromatic carbocycles. The quantitative estimate of drug-likeness (QED) is 0.379. The molecule has 0 bridgehead atoms. The minimum Gasteiger partial charge on any atom is -0.760 e.